The van der Waals surface area contributed by atoms with E-state index >= 15 is 0 Å². The molecule has 1 heterocycles. The van der Waals surface area contributed by atoms with E-state index in [2.05, 4.69) is 15.3 Å². The van der Waals surface area contributed by atoms with Gasteiger partial charge in [-0.1, -0.05) is 24.6 Å². The summed E-state index contributed by atoms with van der Waals surface area (Å²) in [6, 6.07) is 4.32. The summed E-state index contributed by atoms with van der Waals surface area (Å²) in [7, 11) is 0. The summed E-state index contributed by atoms with van der Waals surface area (Å²) in [6.45, 7) is 2.65. The van der Waals surface area contributed by atoms with E-state index < -0.39 is 0 Å². The van der Waals surface area contributed by atoms with E-state index in [4.69, 9.17) is 11.6 Å². The molecule has 2 rings (SSSR count). The summed E-state index contributed by atoms with van der Waals surface area (Å²) in [4.78, 5) is 8.22. The van der Waals surface area contributed by atoms with Crippen LogP contribution in [-0.2, 0) is 0 Å². The fourth-order valence-corrected chi connectivity index (χ4v) is 1.93. The number of rotatable bonds is 4. The van der Waals surface area contributed by atoms with Gasteiger partial charge >= 0.3 is 0 Å². The van der Waals surface area contributed by atoms with E-state index in [-0.39, 0.29) is 11.9 Å². The van der Waals surface area contributed by atoms with Crippen LogP contribution in [0.3, 0.4) is 0 Å². The van der Waals surface area contributed by atoms with Gasteiger partial charge in [0.05, 0.1) is 17.9 Å². The lowest BCUT2D eigenvalue weighted by Crippen LogP contribution is -2.24. The van der Waals surface area contributed by atoms with E-state index in [1.54, 1.807) is 30.7 Å². The molecule has 0 bridgehead atoms. The molecule has 1 aromatic carbocycles. The lowest BCUT2D eigenvalue weighted by molar-refractivity contribution is 0.551. The van der Waals surface area contributed by atoms with Crippen molar-refractivity contribution in [1.29, 1.82) is 0 Å². The molecule has 0 spiro atoms. The third-order valence-corrected chi connectivity index (χ3v) is 2.80. The molecule has 94 valence electrons. The smallest absolute Gasteiger partial charge is 0.129 e. The maximum Gasteiger partial charge on any atom is 0.129 e. The van der Waals surface area contributed by atoms with Crippen molar-refractivity contribution in [3.05, 3.63) is 58.9 Å². The predicted octanol–water partition coefficient (Wildman–Crippen LogP) is 2.97. The van der Waals surface area contributed by atoms with Crippen LogP contribution >= 0.6 is 11.6 Å². The molecule has 0 saturated heterocycles. The molecule has 0 aliphatic carbocycles. The molecule has 0 radical (unpaired) electrons. The molecular weight excluding hydrogens is 253 g/mol. The topological polar surface area (TPSA) is 37.8 Å². The standard InChI is InChI=1S/C13H13ClFN3/c1-2-17-13(12-8-16-5-6-18-12)10-4-3-9(14)7-11(10)15/h3-8,13,17H,2H2,1H3. The summed E-state index contributed by atoms with van der Waals surface area (Å²) < 4.78 is 13.9. The first-order valence-corrected chi connectivity index (χ1v) is 6.04. The molecule has 0 aliphatic rings. The number of aromatic nitrogens is 2. The van der Waals surface area contributed by atoms with Crippen molar-refractivity contribution in [3.8, 4) is 0 Å². The Morgan fingerprint density at radius 1 is 1.39 bits per heavy atom. The zero-order valence-corrected chi connectivity index (χ0v) is 10.7. The van der Waals surface area contributed by atoms with Crippen LogP contribution in [0.15, 0.2) is 36.8 Å². The molecule has 5 heteroatoms. The van der Waals surface area contributed by atoms with Crippen molar-refractivity contribution in [2.24, 2.45) is 0 Å². The van der Waals surface area contributed by atoms with Crippen LogP contribution in [0.25, 0.3) is 0 Å². The van der Waals surface area contributed by atoms with Gasteiger partial charge in [-0.3, -0.25) is 9.97 Å². The summed E-state index contributed by atoms with van der Waals surface area (Å²) in [5, 5.41) is 3.57. The first-order valence-electron chi connectivity index (χ1n) is 5.66. The van der Waals surface area contributed by atoms with Gasteiger partial charge in [0.15, 0.2) is 0 Å². The third kappa shape index (κ3) is 2.83. The van der Waals surface area contributed by atoms with Gasteiger partial charge in [0.25, 0.3) is 0 Å². The van der Waals surface area contributed by atoms with Gasteiger partial charge in [0.1, 0.15) is 5.82 Å². The third-order valence-electron chi connectivity index (χ3n) is 2.56. The molecular formula is C13H13ClFN3. The maximum atomic E-state index is 13.9. The van der Waals surface area contributed by atoms with Gasteiger partial charge in [0, 0.05) is 23.0 Å². The molecule has 1 aromatic heterocycles. The van der Waals surface area contributed by atoms with Gasteiger partial charge < -0.3 is 5.32 Å². The Morgan fingerprint density at radius 3 is 2.83 bits per heavy atom. The molecule has 1 atom stereocenters. The minimum atomic E-state index is -0.348. The first kappa shape index (κ1) is 12.9. The van der Waals surface area contributed by atoms with Crippen LogP contribution in [0.1, 0.15) is 24.2 Å². The Kier molecular flexibility index (Phi) is 4.23. The fraction of sp³-hybridized carbons (Fsp3) is 0.231. The lowest BCUT2D eigenvalue weighted by Gasteiger charge is -2.18. The van der Waals surface area contributed by atoms with Crippen LogP contribution in [-0.4, -0.2) is 16.5 Å². The minimum Gasteiger partial charge on any atom is -0.305 e. The van der Waals surface area contributed by atoms with Crippen molar-refractivity contribution < 1.29 is 4.39 Å². The van der Waals surface area contributed by atoms with Crippen molar-refractivity contribution in [2.75, 3.05) is 6.54 Å². The van der Waals surface area contributed by atoms with E-state index in [1.165, 1.54) is 6.07 Å². The zero-order chi connectivity index (χ0) is 13.0. The van der Waals surface area contributed by atoms with E-state index in [0.29, 0.717) is 22.8 Å². The Bertz CT molecular complexity index is 519. The monoisotopic (exact) mass is 265 g/mol. The molecule has 1 unspecified atom stereocenters. The van der Waals surface area contributed by atoms with Crippen molar-refractivity contribution >= 4 is 11.6 Å². The minimum absolute atomic E-state index is 0.319. The van der Waals surface area contributed by atoms with Crippen LogP contribution in [0.4, 0.5) is 4.39 Å². The number of halogens is 2. The van der Waals surface area contributed by atoms with E-state index in [9.17, 15) is 4.39 Å². The van der Waals surface area contributed by atoms with Gasteiger partial charge in [-0.05, 0) is 18.7 Å². The van der Waals surface area contributed by atoms with E-state index in [0.717, 1.165) is 0 Å². The number of hydrogen-bond donors (Lipinski definition) is 1. The molecule has 0 fully saturated rings. The van der Waals surface area contributed by atoms with Crippen molar-refractivity contribution in [2.45, 2.75) is 13.0 Å². The number of benzene rings is 1. The quantitative estimate of drug-likeness (QED) is 0.924. The lowest BCUT2D eigenvalue weighted by atomic mass is 10.0. The molecule has 18 heavy (non-hydrogen) atoms. The average molecular weight is 266 g/mol. The zero-order valence-electron chi connectivity index (χ0n) is 9.90. The molecule has 2 aromatic rings. The van der Waals surface area contributed by atoms with Gasteiger partial charge in [-0.15, -0.1) is 0 Å². The predicted molar refractivity (Wildman–Crippen MR) is 69.0 cm³/mol. The molecule has 3 nitrogen and oxygen atoms in total. The normalized spacial score (nSPS) is 12.4. The fourth-order valence-electron chi connectivity index (χ4n) is 1.77. The highest BCUT2D eigenvalue weighted by Gasteiger charge is 2.18. The van der Waals surface area contributed by atoms with Crippen LogP contribution in [0, 0.1) is 5.82 Å². The second-order valence-corrected chi connectivity index (χ2v) is 4.22. The highest BCUT2D eigenvalue weighted by Crippen LogP contribution is 2.24. The first-order chi connectivity index (χ1) is 8.72. The Labute approximate surface area is 110 Å². The summed E-state index contributed by atoms with van der Waals surface area (Å²) in [6.07, 6.45) is 4.81. The number of nitrogens with zero attached hydrogens (tertiary/aromatic N) is 2. The van der Waals surface area contributed by atoms with Gasteiger partial charge in [-0.2, -0.15) is 0 Å². The van der Waals surface area contributed by atoms with E-state index in [1.807, 2.05) is 6.92 Å². The Balaban J connectivity index is 2.41. The molecule has 0 aliphatic heterocycles. The summed E-state index contributed by atoms with van der Waals surface area (Å²) in [5.74, 6) is -0.348. The largest absolute Gasteiger partial charge is 0.305 e. The van der Waals surface area contributed by atoms with Gasteiger partial charge in [-0.25, -0.2) is 4.39 Å². The Morgan fingerprint density at radius 2 is 2.22 bits per heavy atom. The maximum absolute atomic E-state index is 13.9. The highest BCUT2D eigenvalue weighted by atomic mass is 35.5. The Hall–Kier alpha value is -1.52. The summed E-state index contributed by atoms with van der Waals surface area (Å²) >= 11 is 5.76. The second-order valence-electron chi connectivity index (χ2n) is 3.79. The molecule has 1 N–H and O–H groups in total. The van der Waals surface area contributed by atoms with Crippen LogP contribution < -0.4 is 5.32 Å². The van der Waals surface area contributed by atoms with Crippen molar-refractivity contribution in [3.63, 3.8) is 0 Å². The second kappa shape index (κ2) is 5.89. The van der Waals surface area contributed by atoms with Crippen LogP contribution in [0.2, 0.25) is 5.02 Å². The average Bonchev–Trinajstić information content (AvgIpc) is 2.38. The van der Waals surface area contributed by atoms with Crippen molar-refractivity contribution in [1.82, 2.24) is 15.3 Å². The SMILES string of the molecule is CCNC(c1cnccn1)c1ccc(Cl)cc1F. The molecule has 0 amide bonds. The molecule has 0 saturated carbocycles. The summed E-state index contributed by atoms with van der Waals surface area (Å²) in [5.41, 5.74) is 1.20. The highest BCUT2D eigenvalue weighted by molar-refractivity contribution is 6.30. The number of hydrogen-bond acceptors (Lipinski definition) is 3. The van der Waals surface area contributed by atoms with Gasteiger partial charge in [0.2, 0.25) is 0 Å². The van der Waals surface area contributed by atoms with Crippen LogP contribution in [0.5, 0.6) is 0 Å². The number of nitrogens with one attached hydrogen (secondary N) is 1.